The van der Waals surface area contributed by atoms with Crippen LogP contribution in [-0.2, 0) is 0 Å². The van der Waals surface area contributed by atoms with Crippen LogP contribution in [0.3, 0.4) is 0 Å². The molecule has 0 aromatic carbocycles. The lowest BCUT2D eigenvalue weighted by molar-refractivity contribution is -0.0170. The molecule has 2 aliphatic carbocycles. The van der Waals surface area contributed by atoms with Crippen LogP contribution in [0, 0.1) is 0 Å². The molecular formula is C14H27NO2. The molecule has 0 aromatic rings. The number of aliphatic hydroxyl groups is 2. The minimum atomic E-state index is -0.169. The minimum Gasteiger partial charge on any atom is -0.395 e. The van der Waals surface area contributed by atoms with Crippen molar-refractivity contribution in [1.82, 2.24) is 4.90 Å². The molecule has 2 fully saturated rings. The maximum Gasteiger partial charge on any atom is 0.0695 e. The summed E-state index contributed by atoms with van der Waals surface area (Å²) in [5.74, 6) is 0. The summed E-state index contributed by atoms with van der Waals surface area (Å²) >= 11 is 0. The molecule has 0 bridgehead atoms. The zero-order valence-electron chi connectivity index (χ0n) is 10.9. The van der Waals surface area contributed by atoms with E-state index >= 15 is 0 Å². The molecule has 17 heavy (non-hydrogen) atoms. The molecule has 0 aromatic heterocycles. The Morgan fingerprint density at radius 3 is 2.18 bits per heavy atom. The zero-order valence-corrected chi connectivity index (χ0v) is 10.9. The van der Waals surface area contributed by atoms with Gasteiger partial charge in [0.25, 0.3) is 0 Å². The lowest BCUT2D eigenvalue weighted by Gasteiger charge is -2.43. The Hall–Kier alpha value is -0.120. The van der Waals surface area contributed by atoms with E-state index in [0.29, 0.717) is 12.1 Å². The molecule has 0 radical (unpaired) electrons. The number of hydrogen-bond acceptors (Lipinski definition) is 3. The fourth-order valence-electron chi connectivity index (χ4n) is 3.63. The lowest BCUT2D eigenvalue weighted by atomic mass is 9.87. The summed E-state index contributed by atoms with van der Waals surface area (Å²) in [6.07, 6.45) is 10.8. The number of nitrogens with zero attached hydrogens (tertiary/aromatic N) is 1. The van der Waals surface area contributed by atoms with Gasteiger partial charge in [-0.2, -0.15) is 0 Å². The fraction of sp³-hybridized carbons (Fsp3) is 1.00. The molecule has 0 spiro atoms. The normalized spacial score (nSPS) is 31.9. The van der Waals surface area contributed by atoms with Crippen LogP contribution in [0.1, 0.15) is 57.8 Å². The third-order valence-electron chi connectivity index (χ3n) is 4.52. The molecule has 100 valence electrons. The van der Waals surface area contributed by atoms with E-state index < -0.39 is 0 Å². The van der Waals surface area contributed by atoms with Gasteiger partial charge in [0.15, 0.2) is 0 Å². The first-order chi connectivity index (χ1) is 8.33. The maximum atomic E-state index is 10.2. The van der Waals surface area contributed by atoms with Gasteiger partial charge in [0.1, 0.15) is 0 Å². The van der Waals surface area contributed by atoms with Crippen molar-refractivity contribution >= 4 is 0 Å². The Bertz CT molecular complexity index is 216. The Morgan fingerprint density at radius 2 is 1.53 bits per heavy atom. The van der Waals surface area contributed by atoms with Gasteiger partial charge in [-0.25, -0.2) is 0 Å². The van der Waals surface area contributed by atoms with Crippen LogP contribution in [0.5, 0.6) is 0 Å². The summed E-state index contributed by atoms with van der Waals surface area (Å²) in [4.78, 5) is 2.42. The van der Waals surface area contributed by atoms with Crippen LogP contribution >= 0.6 is 0 Å². The van der Waals surface area contributed by atoms with Crippen molar-refractivity contribution in [2.24, 2.45) is 0 Å². The molecule has 2 aliphatic rings. The van der Waals surface area contributed by atoms with E-state index in [1.807, 2.05) is 0 Å². The van der Waals surface area contributed by atoms with Gasteiger partial charge in [0, 0.05) is 18.6 Å². The first kappa shape index (κ1) is 13.3. The van der Waals surface area contributed by atoms with Gasteiger partial charge in [-0.05, 0) is 25.7 Å². The topological polar surface area (TPSA) is 43.7 Å². The molecule has 0 unspecified atom stereocenters. The highest BCUT2D eigenvalue weighted by atomic mass is 16.3. The predicted molar refractivity (Wildman–Crippen MR) is 68.9 cm³/mol. The molecular weight excluding hydrogens is 214 g/mol. The van der Waals surface area contributed by atoms with E-state index in [-0.39, 0.29) is 12.7 Å². The van der Waals surface area contributed by atoms with Crippen molar-refractivity contribution in [2.45, 2.75) is 76.0 Å². The third kappa shape index (κ3) is 3.43. The highest BCUT2D eigenvalue weighted by Crippen LogP contribution is 2.30. The second-order valence-electron chi connectivity index (χ2n) is 5.67. The van der Waals surface area contributed by atoms with Crippen LogP contribution < -0.4 is 0 Å². The van der Waals surface area contributed by atoms with Crippen LogP contribution in [0.15, 0.2) is 0 Å². The van der Waals surface area contributed by atoms with E-state index in [4.69, 9.17) is 0 Å². The Balaban J connectivity index is 1.98. The largest absolute Gasteiger partial charge is 0.395 e. The Labute approximate surface area is 105 Å². The monoisotopic (exact) mass is 241 g/mol. The highest BCUT2D eigenvalue weighted by Gasteiger charge is 2.33. The van der Waals surface area contributed by atoms with Crippen LogP contribution in [0.2, 0.25) is 0 Å². The lowest BCUT2D eigenvalue weighted by Crippen LogP contribution is -2.52. The molecule has 2 saturated carbocycles. The van der Waals surface area contributed by atoms with Gasteiger partial charge in [0.2, 0.25) is 0 Å². The molecule has 3 heteroatoms. The van der Waals surface area contributed by atoms with Crippen molar-refractivity contribution in [3.05, 3.63) is 0 Å². The van der Waals surface area contributed by atoms with Gasteiger partial charge in [0.05, 0.1) is 12.7 Å². The first-order valence-corrected chi connectivity index (χ1v) is 7.37. The van der Waals surface area contributed by atoms with E-state index in [0.717, 1.165) is 25.8 Å². The second kappa shape index (κ2) is 6.72. The smallest absolute Gasteiger partial charge is 0.0695 e. The van der Waals surface area contributed by atoms with Gasteiger partial charge in [-0.3, -0.25) is 4.90 Å². The number of hydrogen-bond donors (Lipinski definition) is 2. The zero-order chi connectivity index (χ0) is 12.1. The van der Waals surface area contributed by atoms with Crippen LogP contribution in [0.4, 0.5) is 0 Å². The Kier molecular flexibility index (Phi) is 5.26. The SMILES string of the molecule is OCCN(C1CCCCC1)[C@@H]1CCCC[C@H]1O. The van der Waals surface area contributed by atoms with Crippen molar-refractivity contribution in [3.63, 3.8) is 0 Å². The molecule has 0 saturated heterocycles. The predicted octanol–water partition coefficient (Wildman–Crippen LogP) is 1.92. The second-order valence-corrected chi connectivity index (χ2v) is 5.67. The Morgan fingerprint density at radius 1 is 0.882 bits per heavy atom. The quantitative estimate of drug-likeness (QED) is 0.790. The van der Waals surface area contributed by atoms with E-state index in [2.05, 4.69) is 4.90 Å². The fourth-order valence-corrected chi connectivity index (χ4v) is 3.63. The molecule has 2 N–H and O–H groups in total. The summed E-state index contributed by atoms with van der Waals surface area (Å²) in [6, 6.07) is 0.910. The summed E-state index contributed by atoms with van der Waals surface area (Å²) in [5.41, 5.74) is 0. The molecule has 3 nitrogen and oxygen atoms in total. The van der Waals surface area contributed by atoms with Crippen molar-refractivity contribution < 1.29 is 10.2 Å². The summed E-state index contributed by atoms with van der Waals surface area (Å²) < 4.78 is 0. The maximum absolute atomic E-state index is 10.2. The number of rotatable bonds is 4. The first-order valence-electron chi connectivity index (χ1n) is 7.37. The van der Waals surface area contributed by atoms with Crippen molar-refractivity contribution in [2.75, 3.05) is 13.2 Å². The average Bonchev–Trinajstić information content (AvgIpc) is 2.38. The summed E-state index contributed by atoms with van der Waals surface area (Å²) in [6.45, 7) is 0.964. The van der Waals surface area contributed by atoms with Gasteiger partial charge >= 0.3 is 0 Å². The standard InChI is InChI=1S/C14H27NO2/c16-11-10-15(12-6-2-1-3-7-12)13-8-4-5-9-14(13)17/h12-14,16-17H,1-11H2/t13-,14-/m1/s1. The van der Waals surface area contributed by atoms with E-state index in [1.165, 1.54) is 38.5 Å². The van der Waals surface area contributed by atoms with Gasteiger partial charge in [-0.1, -0.05) is 32.1 Å². The third-order valence-corrected chi connectivity index (χ3v) is 4.52. The molecule has 2 rings (SSSR count). The van der Waals surface area contributed by atoms with Crippen LogP contribution in [-0.4, -0.2) is 46.5 Å². The minimum absolute atomic E-state index is 0.169. The summed E-state index contributed by atoms with van der Waals surface area (Å²) in [5, 5.41) is 19.4. The van der Waals surface area contributed by atoms with Gasteiger partial charge in [-0.15, -0.1) is 0 Å². The van der Waals surface area contributed by atoms with E-state index in [9.17, 15) is 10.2 Å². The number of aliphatic hydroxyl groups excluding tert-OH is 2. The molecule has 0 heterocycles. The van der Waals surface area contributed by atoms with Crippen molar-refractivity contribution in [3.8, 4) is 0 Å². The molecule has 0 aliphatic heterocycles. The highest BCUT2D eigenvalue weighted by molar-refractivity contribution is 4.88. The van der Waals surface area contributed by atoms with Gasteiger partial charge < -0.3 is 10.2 Å². The van der Waals surface area contributed by atoms with Crippen molar-refractivity contribution in [1.29, 1.82) is 0 Å². The van der Waals surface area contributed by atoms with E-state index in [1.54, 1.807) is 0 Å². The average molecular weight is 241 g/mol. The van der Waals surface area contributed by atoms with Crippen LogP contribution in [0.25, 0.3) is 0 Å². The molecule has 2 atom stereocenters. The summed E-state index contributed by atoms with van der Waals surface area (Å²) in [7, 11) is 0. The molecule has 0 amide bonds.